The lowest BCUT2D eigenvalue weighted by Gasteiger charge is -2.11. The number of nitro benzene ring substituents is 1. The summed E-state index contributed by atoms with van der Waals surface area (Å²) in [5.41, 5.74) is 0.451. The maximum absolute atomic E-state index is 12.7. The molecule has 0 radical (unpaired) electrons. The van der Waals surface area contributed by atoms with Crippen molar-refractivity contribution < 1.29 is 18.9 Å². The van der Waals surface area contributed by atoms with Gasteiger partial charge in [0.25, 0.3) is 16.8 Å². The van der Waals surface area contributed by atoms with Gasteiger partial charge in [-0.15, -0.1) is 0 Å². The molecule has 7 nitrogen and oxygen atoms in total. The van der Waals surface area contributed by atoms with Gasteiger partial charge in [-0.3, -0.25) is 19.7 Å². The zero-order chi connectivity index (χ0) is 21.4. The Kier molecular flexibility index (Phi) is 5.38. The van der Waals surface area contributed by atoms with Crippen LogP contribution in [0.2, 0.25) is 10.0 Å². The van der Waals surface area contributed by atoms with Crippen molar-refractivity contribution in [2.75, 3.05) is 4.90 Å². The first-order valence-corrected chi connectivity index (χ1v) is 9.99. The molecule has 1 fully saturated rings. The first-order valence-electron chi connectivity index (χ1n) is 8.42. The summed E-state index contributed by atoms with van der Waals surface area (Å²) in [6.45, 7) is 0. The first kappa shape index (κ1) is 20.2. The number of anilines is 1. The predicted molar refractivity (Wildman–Crippen MR) is 116 cm³/mol. The molecule has 0 atom stereocenters. The minimum absolute atomic E-state index is 0.0879. The van der Waals surface area contributed by atoms with E-state index in [2.05, 4.69) is 0 Å². The third kappa shape index (κ3) is 3.72. The van der Waals surface area contributed by atoms with Crippen molar-refractivity contribution >= 4 is 63.6 Å². The SMILES string of the molecule is O=C1SC(=Cc2ccc(-c3cc([N+](=O)[O-])c(Cl)cc3Cl)o2)C(=O)N1c1ccccc1. The Labute approximate surface area is 184 Å². The highest BCUT2D eigenvalue weighted by Crippen LogP contribution is 2.39. The van der Waals surface area contributed by atoms with Crippen LogP contribution in [0.3, 0.4) is 0 Å². The van der Waals surface area contributed by atoms with E-state index in [4.69, 9.17) is 27.6 Å². The lowest BCUT2D eigenvalue weighted by atomic mass is 10.1. The molecule has 150 valence electrons. The molecule has 1 saturated heterocycles. The van der Waals surface area contributed by atoms with Gasteiger partial charge in [-0.05, 0) is 42.1 Å². The average molecular weight is 461 g/mol. The topological polar surface area (TPSA) is 93.7 Å². The van der Waals surface area contributed by atoms with Crippen LogP contribution in [0.4, 0.5) is 16.2 Å². The minimum atomic E-state index is -0.619. The molecule has 10 heteroatoms. The smallest absolute Gasteiger partial charge is 0.298 e. The van der Waals surface area contributed by atoms with Crippen molar-refractivity contribution in [2.45, 2.75) is 0 Å². The quantitative estimate of drug-likeness (QED) is 0.254. The van der Waals surface area contributed by atoms with Crippen LogP contribution in [0.25, 0.3) is 17.4 Å². The third-order valence-electron chi connectivity index (χ3n) is 4.21. The summed E-state index contributed by atoms with van der Waals surface area (Å²) in [7, 11) is 0. The number of amides is 2. The van der Waals surface area contributed by atoms with E-state index in [0.717, 1.165) is 16.7 Å². The second-order valence-electron chi connectivity index (χ2n) is 6.10. The molecule has 0 aliphatic carbocycles. The maximum atomic E-state index is 12.7. The summed E-state index contributed by atoms with van der Waals surface area (Å²) in [5.74, 6) is 0.0832. The van der Waals surface area contributed by atoms with Gasteiger partial charge in [0.1, 0.15) is 16.5 Å². The number of benzene rings is 2. The van der Waals surface area contributed by atoms with Gasteiger partial charge < -0.3 is 4.42 Å². The Balaban J connectivity index is 1.65. The standard InChI is InChI=1S/C20H10Cl2N2O5S/c21-14-10-15(22)16(24(27)28)9-13(14)17-7-6-12(29-17)8-18-19(25)23(20(26)30-18)11-4-2-1-3-5-11/h1-10H. The highest BCUT2D eigenvalue weighted by atomic mass is 35.5. The van der Waals surface area contributed by atoms with Crippen LogP contribution in [0.15, 0.2) is 63.9 Å². The summed E-state index contributed by atoms with van der Waals surface area (Å²) < 4.78 is 5.69. The predicted octanol–water partition coefficient (Wildman–Crippen LogP) is 6.40. The van der Waals surface area contributed by atoms with E-state index in [1.54, 1.807) is 42.5 Å². The Morgan fingerprint density at radius 2 is 1.77 bits per heavy atom. The number of para-hydroxylation sites is 1. The van der Waals surface area contributed by atoms with E-state index < -0.39 is 16.1 Å². The minimum Gasteiger partial charge on any atom is -0.457 e. The van der Waals surface area contributed by atoms with Crippen LogP contribution in [-0.2, 0) is 4.79 Å². The fourth-order valence-electron chi connectivity index (χ4n) is 2.84. The van der Waals surface area contributed by atoms with E-state index in [1.807, 2.05) is 0 Å². The van der Waals surface area contributed by atoms with Crippen LogP contribution in [0, 0.1) is 10.1 Å². The van der Waals surface area contributed by atoms with Crippen LogP contribution in [0.1, 0.15) is 5.76 Å². The zero-order valence-corrected chi connectivity index (χ0v) is 17.2. The number of hydrogen-bond donors (Lipinski definition) is 0. The lowest BCUT2D eigenvalue weighted by molar-refractivity contribution is -0.384. The van der Waals surface area contributed by atoms with Crippen molar-refractivity contribution in [3.8, 4) is 11.3 Å². The molecule has 30 heavy (non-hydrogen) atoms. The second kappa shape index (κ2) is 7.98. The van der Waals surface area contributed by atoms with E-state index in [1.165, 1.54) is 18.2 Å². The van der Waals surface area contributed by atoms with Gasteiger partial charge in [-0.1, -0.05) is 41.4 Å². The lowest BCUT2D eigenvalue weighted by Crippen LogP contribution is -2.27. The molecule has 1 aliphatic heterocycles. The first-order chi connectivity index (χ1) is 14.3. The van der Waals surface area contributed by atoms with E-state index in [-0.39, 0.29) is 37.7 Å². The number of furan rings is 1. The van der Waals surface area contributed by atoms with Crippen molar-refractivity contribution in [1.82, 2.24) is 0 Å². The van der Waals surface area contributed by atoms with Crippen molar-refractivity contribution in [3.63, 3.8) is 0 Å². The monoisotopic (exact) mass is 460 g/mol. The summed E-state index contributed by atoms with van der Waals surface area (Å²) in [6, 6.07) is 14.2. The maximum Gasteiger partial charge on any atom is 0.298 e. The van der Waals surface area contributed by atoms with Gasteiger partial charge in [0.15, 0.2) is 0 Å². The van der Waals surface area contributed by atoms with E-state index in [0.29, 0.717) is 5.69 Å². The second-order valence-corrected chi connectivity index (χ2v) is 7.90. The number of imide groups is 1. The van der Waals surface area contributed by atoms with Gasteiger partial charge >= 0.3 is 0 Å². The number of nitro groups is 1. The number of nitrogens with zero attached hydrogens (tertiary/aromatic N) is 2. The highest BCUT2D eigenvalue weighted by molar-refractivity contribution is 8.19. The Morgan fingerprint density at radius 3 is 2.47 bits per heavy atom. The Bertz CT molecular complexity index is 1220. The summed E-state index contributed by atoms with van der Waals surface area (Å²) in [6.07, 6.45) is 1.44. The molecule has 2 amide bonds. The van der Waals surface area contributed by atoms with Gasteiger partial charge in [-0.25, -0.2) is 4.90 Å². The molecular weight excluding hydrogens is 451 g/mol. The molecule has 0 spiro atoms. The Morgan fingerprint density at radius 1 is 1.03 bits per heavy atom. The molecule has 0 saturated carbocycles. The van der Waals surface area contributed by atoms with Crippen molar-refractivity contribution in [1.29, 1.82) is 0 Å². The van der Waals surface area contributed by atoms with Gasteiger partial charge in [0.2, 0.25) is 0 Å². The normalized spacial score (nSPS) is 15.3. The number of halogens is 2. The summed E-state index contributed by atoms with van der Waals surface area (Å²) in [5, 5.41) is 10.8. The Hall–Kier alpha value is -3.07. The van der Waals surface area contributed by atoms with E-state index >= 15 is 0 Å². The molecule has 2 heterocycles. The van der Waals surface area contributed by atoms with Crippen molar-refractivity contribution in [2.24, 2.45) is 0 Å². The van der Waals surface area contributed by atoms with Crippen LogP contribution >= 0.6 is 35.0 Å². The summed E-state index contributed by atoms with van der Waals surface area (Å²) in [4.78, 5) is 36.7. The molecule has 0 bridgehead atoms. The largest absolute Gasteiger partial charge is 0.457 e. The average Bonchev–Trinajstić information content (AvgIpc) is 3.27. The fourth-order valence-corrected chi connectivity index (χ4v) is 4.20. The van der Waals surface area contributed by atoms with Gasteiger partial charge in [0.05, 0.1) is 20.5 Å². The highest BCUT2D eigenvalue weighted by Gasteiger charge is 2.36. The molecule has 1 aromatic heterocycles. The number of thioether (sulfide) groups is 1. The van der Waals surface area contributed by atoms with Crippen molar-refractivity contribution in [3.05, 3.63) is 85.4 Å². The van der Waals surface area contributed by atoms with Crippen LogP contribution in [0.5, 0.6) is 0 Å². The summed E-state index contributed by atoms with van der Waals surface area (Å²) >= 11 is 12.8. The number of carbonyl (C=O) groups is 2. The molecule has 4 rings (SSSR count). The molecule has 0 unspecified atom stereocenters. The fraction of sp³-hybridized carbons (Fsp3) is 0. The number of rotatable bonds is 4. The molecule has 3 aromatic rings. The van der Waals surface area contributed by atoms with E-state index in [9.17, 15) is 19.7 Å². The molecule has 1 aliphatic rings. The molecule has 2 aromatic carbocycles. The number of carbonyl (C=O) groups excluding carboxylic acids is 2. The van der Waals surface area contributed by atoms with Crippen LogP contribution in [-0.4, -0.2) is 16.1 Å². The number of hydrogen-bond acceptors (Lipinski definition) is 6. The molecular formula is C20H10Cl2N2O5S. The van der Waals surface area contributed by atoms with Gasteiger partial charge in [0, 0.05) is 17.7 Å². The van der Waals surface area contributed by atoms with Crippen LogP contribution < -0.4 is 4.90 Å². The molecule has 0 N–H and O–H groups in total. The zero-order valence-electron chi connectivity index (χ0n) is 14.9. The van der Waals surface area contributed by atoms with Gasteiger partial charge in [-0.2, -0.15) is 0 Å². The third-order valence-corrected chi connectivity index (χ3v) is 5.69.